The number of alkyl halides is 3. The first-order chi connectivity index (χ1) is 7.76. The van der Waals surface area contributed by atoms with Crippen molar-refractivity contribution in [3.63, 3.8) is 0 Å². The number of halogens is 6. The van der Waals surface area contributed by atoms with Gasteiger partial charge in [-0.05, 0) is 5.53 Å². The molecule has 0 aliphatic rings. The summed E-state index contributed by atoms with van der Waals surface area (Å²) in [6.45, 7) is 0. The molecular formula is C7HCl3F3N3O. The summed E-state index contributed by atoms with van der Waals surface area (Å²) in [6, 6.07) is 0.757. The maximum absolute atomic E-state index is 12.0. The van der Waals surface area contributed by atoms with Gasteiger partial charge in [0.05, 0.1) is 15.7 Å². The van der Waals surface area contributed by atoms with Crippen molar-refractivity contribution in [2.24, 2.45) is 5.11 Å². The maximum atomic E-state index is 12.0. The molecule has 0 heterocycles. The van der Waals surface area contributed by atoms with Gasteiger partial charge in [-0.1, -0.05) is 39.9 Å². The molecular weight excluding hydrogens is 305 g/mol. The number of rotatable bonds is 2. The Morgan fingerprint density at radius 2 is 1.82 bits per heavy atom. The molecule has 0 aliphatic carbocycles. The van der Waals surface area contributed by atoms with E-state index < -0.39 is 22.2 Å². The Balaban J connectivity index is 3.34. The van der Waals surface area contributed by atoms with Gasteiger partial charge in [0.1, 0.15) is 5.02 Å². The van der Waals surface area contributed by atoms with Gasteiger partial charge in [0.25, 0.3) is 0 Å². The highest BCUT2D eigenvalue weighted by atomic mass is 35.5. The van der Waals surface area contributed by atoms with Gasteiger partial charge in [0.2, 0.25) is 0 Å². The average molecular weight is 306 g/mol. The summed E-state index contributed by atoms with van der Waals surface area (Å²) in [4.78, 5) is 2.41. The van der Waals surface area contributed by atoms with E-state index >= 15 is 0 Å². The molecule has 0 aromatic heterocycles. The molecule has 10 heteroatoms. The van der Waals surface area contributed by atoms with Gasteiger partial charge in [-0.25, -0.2) is 0 Å². The lowest BCUT2D eigenvalue weighted by atomic mass is 10.3. The molecule has 0 unspecified atom stereocenters. The SMILES string of the molecule is [N-]=[N+]=Nc1c(Cl)cc(OC(F)(F)F)c(Cl)c1Cl. The number of nitrogens with zero attached hydrogens (tertiary/aromatic N) is 3. The van der Waals surface area contributed by atoms with Crippen molar-refractivity contribution in [2.45, 2.75) is 6.36 Å². The van der Waals surface area contributed by atoms with Crippen molar-refractivity contribution < 1.29 is 17.9 Å². The van der Waals surface area contributed by atoms with Crippen LogP contribution in [0.3, 0.4) is 0 Å². The fourth-order valence-corrected chi connectivity index (χ4v) is 1.59. The van der Waals surface area contributed by atoms with Gasteiger partial charge >= 0.3 is 6.36 Å². The Morgan fingerprint density at radius 1 is 1.24 bits per heavy atom. The summed E-state index contributed by atoms with van der Waals surface area (Å²) in [6.07, 6.45) is -4.93. The van der Waals surface area contributed by atoms with Gasteiger partial charge in [-0.15, -0.1) is 13.2 Å². The lowest BCUT2D eigenvalue weighted by molar-refractivity contribution is -0.274. The largest absolute Gasteiger partial charge is 0.573 e. The third-order valence-electron chi connectivity index (χ3n) is 1.47. The zero-order chi connectivity index (χ0) is 13.2. The first kappa shape index (κ1) is 14.1. The molecule has 0 saturated carbocycles. The van der Waals surface area contributed by atoms with Gasteiger partial charge in [0, 0.05) is 11.0 Å². The van der Waals surface area contributed by atoms with Crippen molar-refractivity contribution in [3.8, 4) is 5.75 Å². The molecule has 0 amide bonds. The second kappa shape index (κ2) is 5.10. The highest BCUT2D eigenvalue weighted by Gasteiger charge is 2.33. The van der Waals surface area contributed by atoms with Gasteiger partial charge in [0.15, 0.2) is 5.75 Å². The van der Waals surface area contributed by atoms with E-state index in [-0.39, 0.29) is 10.7 Å². The first-order valence-electron chi connectivity index (χ1n) is 3.74. The molecule has 0 aliphatic heterocycles. The zero-order valence-corrected chi connectivity index (χ0v) is 9.86. The quantitative estimate of drug-likeness (QED) is 0.308. The van der Waals surface area contributed by atoms with Crippen LogP contribution in [-0.4, -0.2) is 6.36 Å². The Hall–Kier alpha value is -1.01. The van der Waals surface area contributed by atoms with E-state index in [4.69, 9.17) is 40.3 Å². The maximum Gasteiger partial charge on any atom is 0.573 e. The summed E-state index contributed by atoms with van der Waals surface area (Å²) in [5.74, 6) is -0.772. The molecule has 1 rings (SSSR count). The van der Waals surface area contributed by atoms with Crippen LogP contribution in [0.2, 0.25) is 15.1 Å². The number of hydrogen-bond acceptors (Lipinski definition) is 2. The minimum atomic E-state index is -4.93. The lowest BCUT2D eigenvalue weighted by Crippen LogP contribution is -2.17. The normalized spacial score (nSPS) is 10.9. The summed E-state index contributed by atoms with van der Waals surface area (Å²) < 4.78 is 39.5. The molecule has 0 N–H and O–H groups in total. The molecule has 0 atom stereocenters. The van der Waals surface area contributed by atoms with E-state index in [0.29, 0.717) is 0 Å². The van der Waals surface area contributed by atoms with Crippen LogP contribution in [0.15, 0.2) is 11.2 Å². The molecule has 0 radical (unpaired) electrons. The van der Waals surface area contributed by atoms with E-state index in [1.54, 1.807) is 0 Å². The summed E-state index contributed by atoms with van der Waals surface area (Å²) in [7, 11) is 0. The molecule has 0 bridgehead atoms. The summed E-state index contributed by atoms with van der Waals surface area (Å²) in [5.41, 5.74) is 7.93. The van der Waals surface area contributed by atoms with E-state index in [1.165, 1.54) is 0 Å². The zero-order valence-electron chi connectivity index (χ0n) is 7.60. The molecule has 1 aromatic rings. The van der Waals surface area contributed by atoms with Crippen molar-refractivity contribution in [3.05, 3.63) is 31.6 Å². The average Bonchev–Trinajstić information content (AvgIpc) is 2.19. The minimum Gasteiger partial charge on any atom is -0.404 e. The van der Waals surface area contributed by atoms with Crippen molar-refractivity contribution in [1.29, 1.82) is 0 Å². The Labute approximate surface area is 107 Å². The minimum absolute atomic E-state index is 0.268. The van der Waals surface area contributed by atoms with E-state index in [2.05, 4.69) is 14.8 Å². The third kappa shape index (κ3) is 3.47. The van der Waals surface area contributed by atoms with Crippen molar-refractivity contribution in [1.82, 2.24) is 0 Å². The molecule has 1 aromatic carbocycles. The van der Waals surface area contributed by atoms with E-state index in [9.17, 15) is 13.2 Å². The fraction of sp³-hybridized carbons (Fsp3) is 0.143. The highest BCUT2D eigenvalue weighted by Crippen LogP contribution is 2.45. The highest BCUT2D eigenvalue weighted by molar-refractivity contribution is 6.46. The predicted molar refractivity (Wildman–Crippen MR) is 57.0 cm³/mol. The smallest absolute Gasteiger partial charge is 0.404 e. The van der Waals surface area contributed by atoms with Crippen LogP contribution in [0.4, 0.5) is 18.9 Å². The van der Waals surface area contributed by atoms with Crippen LogP contribution in [0.5, 0.6) is 5.75 Å². The van der Waals surface area contributed by atoms with Crippen LogP contribution in [0.25, 0.3) is 10.4 Å². The summed E-state index contributed by atoms with van der Waals surface area (Å²) >= 11 is 16.7. The predicted octanol–water partition coefficient (Wildman–Crippen LogP) is 5.49. The molecule has 0 saturated heterocycles. The second-order valence-electron chi connectivity index (χ2n) is 2.57. The van der Waals surface area contributed by atoms with Crippen molar-refractivity contribution in [2.75, 3.05) is 0 Å². The third-order valence-corrected chi connectivity index (χ3v) is 2.60. The van der Waals surface area contributed by atoms with Crippen molar-refractivity contribution >= 4 is 40.5 Å². The molecule has 17 heavy (non-hydrogen) atoms. The first-order valence-corrected chi connectivity index (χ1v) is 4.88. The van der Waals surface area contributed by atoms with E-state index in [0.717, 1.165) is 6.07 Å². The van der Waals surface area contributed by atoms with Gasteiger partial charge in [-0.2, -0.15) is 0 Å². The number of benzene rings is 1. The Bertz CT molecular complexity index is 499. The van der Waals surface area contributed by atoms with Gasteiger partial charge in [-0.3, -0.25) is 0 Å². The van der Waals surface area contributed by atoms with Crippen LogP contribution in [0.1, 0.15) is 0 Å². The van der Waals surface area contributed by atoms with E-state index in [1.807, 2.05) is 0 Å². The Morgan fingerprint density at radius 3 is 2.29 bits per heavy atom. The monoisotopic (exact) mass is 305 g/mol. The van der Waals surface area contributed by atoms with Crippen LogP contribution in [-0.2, 0) is 0 Å². The fourth-order valence-electron chi connectivity index (χ4n) is 0.899. The second-order valence-corrected chi connectivity index (χ2v) is 3.73. The van der Waals surface area contributed by atoms with Crippen LogP contribution >= 0.6 is 34.8 Å². The van der Waals surface area contributed by atoms with Crippen LogP contribution < -0.4 is 4.74 Å². The topological polar surface area (TPSA) is 58.0 Å². The molecule has 92 valence electrons. The molecule has 4 nitrogen and oxygen atoms in total. The lowest BCUT2D eigenvalue weighted by Gasteiger charge is -2.12. The van der Waals surface area contributed by atoms with Crippen LogP contribution in [0, 0.1) is 0 Å². The number of ether oxygens (including phenoxy) is 1. The molecule has 0 spiro atoms. The van der Waals surface area contributed by atoms with Gasteiger partial charge < -0.3 is 4.74 Å². The Kier molecular flexibility index (Phi) is 4.21. The number of hydrogen-bond donors (Lipinski definition) is 0. The summed E-state index contributed by atoms with van der Waals surface area (Å²) in [5, 5.41) is 1.83. The standard InChI is InChI=1S/C7HCl3F3N3O/c8-2-1-3(17-7(11,12)13)4(9)5(10)6(2)15-16-14/h1H. The molecule has 0 fully saturated rings. The number of azide groups is 1.